The molecule has 0 amide bonds. The maximum atomic E-state index is 3.41. The van der Waals surface area contributed by atoms with E-state index in [9.17, 15) is 0 Å². The molecule has 0 bridgehead atoms. The van der Waals surface area contributed by atoms with Crippen molar-refractivity contribution in [3.05, 3.63) is 36.5 Å². The fourth-order valence-corrected chi connectivity index (χ4v) is 2.55. The van der Waals surface area contributed by atoms with Gasteiger partial charge in [-0.25, -0.2) is 0 Å². The van der Waals surface area contributed by atoms with Gasteiger partial charge in [0.25, 0.3) is 0 Å². The van der Waals surface area contributed by atoms with Crippen LogP contribution in [0.5, 0.6) is 0 Å². The minimum Gasteiger partial charge on any atom is -0.339 e. The Balaban J connectivity index is 1.83. The second-order valence-electron chi connectivity index (χ2n) is 4.64. The molecule has 1 radical (unpaired) electrons. The predicted molar refractivity (Wildman–Crippen MR) is 66.4 cm³/mol. The number of nitrogens with zero attached hydrogens (tertiary/aromatic N) is 1. The molecule has 0 aliphatic carbocycles. The third-order valence-corrected chi connectivity index (χ3v) is 3.50. The van der Waals surface area contributed by atoms with Gasteiger partial charge >= 0.3 is 0 Å². The van der Waals surface area contributed by atoms with E-state index in [4.69, 9.17) is 0 Å². The number of fused-ring (bicyclic) bond motifs is 1. The molecule has 0 unspecified atom stereocenters. The van der Waals surface area contributed by atoms with Crippen molar-refractivity contribution >= 4 is 10.9 Å². The van der Waals surface area contributed by atoms with Crippen LogP contribution in [0.3, 0.4) is 0 Å². The Bertz CT molecular complexity index is 466. The molecule has 0 spiro atoms. The van der Waals surface area contributed by atoms with Crippen LogP contribution in [-0.4, -0.2) is 17.7 Å². The number of piperidine rings is 1. The van der Waals surface area contributed by atoms with E-state index in [1.807, 2.05) is 0 Å². The fourth-order valence-electron chi connectivity index (χ4n) is 2.55. The van der Waals surface area contributed by atoms with Gasteiger partial charge in [0.15, 0.2) is 0 Å². The maximum Gasteiger partial charge on any atom is 0.0659 e. The molecule has 1 N–H and O–H groups in total. The smallest absolute Gasteiger partial charge is 0.0659 e. The van der Waals surface area contributed by atoms with Gasteiger partial charge < -0.3 is 9.88 Å². The summed E-state index contributed by atoms with van der Waals surface area (Å²) in [7, 11) is 0. The van der Waals surface area contributed by atoms with Gasteiger partial charge in [-0.15, -0.1) is 0 Å². The van der Waals surface area contributed by atoms with Crippen molar-refractivity contribution in [3.8, 4) is 0 Å². The average molecular weight is 213 g/mol. The summed E-state index contributed by atoms with van der Waals surface area (Å²) in [5, 5.41) is 4.71. The van der Waals surface area contributed by atoms with Crippen LogP contribution in [0.15, 0.2) is 30.3 Å². The molecular formula is C14H17N2. The molecule has 0 saturated carbocycles. The zero-order valence-electron chi connectivity index (χ0n) is 9.45. The maximum absolute atomic E-state index is 3.41. The van der Waals surface area contributed by atoms with E-state index < -0.39 is 0 Å². The van der Waals surface area contributed by atoms with Gasteiger partial charge in [-0.05, 0) is 44.0 Å². The lowest BCUT2D eigenvalue weighted by Crippen LogP contribution is -2.29. The molecule has 3 rings (SSSR count). The Hall–Kier alpha value is -1.28. The topological polar surface area (TPSA) is 17.0 Å². The third-order valence-electron chi connectivity index (χ3n) is 3.50. The van der Waals surface area contributed by atoms with Crippen molar-refractivity contribution in [2.45, 2.75) is 19.4 Å². The highest BCUT2D eigenvalue weighted by molar-refractivity contribution is 5.79. The van der Waals surface area contributed by atoms with Gasteiger partial charge in [-0.2, -0.15) is 0 Å². The Morgan fingerprint density at radius 3 is 2.94 bits per heavy atom. The number of rotatable bonds is 2. The van der Waals surface area contributed by atoms with E-state index in [1.165, 1.54) is 36.8 Å². The predicted octanol–water partition coefficient (Wildman–Crippen LogP) is 2.44. The second kappa shape index (κ2) is 4.30. The Kier molecular flexibility index (Phi) is 2.66. The van der Waals surface area contributed by atoms with E-state index in [1.54, 1.807) is 0 Å². The molecule has 16 heavy (non-hydrogen) atoms. The highest BCUT2D eigenvalue weighted by atomic mass is 15.0. The molecule has 1 aliphatic rings. The molecule has 2 aromatic rings. The minimum absolute atomic E-state index is 0.813. The molecule has 1 saturated heterocycles. The van der Waals surface area contributed by atoms with E-state index in [-0.39, 0.29) is 0 Å². The van der Waals surface area contributed by atoms with Crippen LogP contribution in [0.4, 0.5) is 0 Å². The number of para-hydroxylation sites is 1. The van der Waals surface area contributed by atoms with Crippen molar-refractivity contribution in [3.63, 3.8) is 0 Å². The van der Waals surface area contributed by atoms with E-state index >= 15 is 0 Å². The summed E-state index contributed by atoms with van der Waals surface area (Å²) in [6.45, 7) is 3.46. The van der Waals surface area contributed by atoms with Crippen molar-refractivity contribution in [2.24, 2.45) is 5.92 Å². The highest BCUT2D eigenvalue weighted by Crippen LogP contribution is 2.19. The van der Waals surface area contributed by atoms with Crippen LogP contribution < -0.4 is 5.32 Å². The van der Waals surface area contributed by atoms with Gasteiger partial charge in [0, 0.05) is 17.4 Å². The van der Waals surface area contributed by atoms with E-state index in [2.05, 4.69) is 46.4 Å². The number of hydrogen-bond donors (Lipinski definition) is 1. The molecule has 1 aromatic heterocycles. The van der Waals surface area contributed by atoms with Gasteiger partial charge in [0.2, 0.25) is 0 Å². The minimum atomic E-state index is 0.813. The average Bonchev–Trinajstić information content (AvgIpc) is 2.74. The summed E-state index contributed by atoms with van der Waals surface area (Å²) in [5.74, 6) is 0.813. The van der Waals surface area contributed by atoms with Crippen LogP contribution in [0.1, 0.15) is 12.8 Å². The zero-order chi connectivity index (χ0) is 10.8. The molecule has 2 heteroatoms. The molecule has 0 atom stereocenters. The second-order valence-corrected chi connectivity index (χ2v) is 4.64. The Labute approximate surface area is 96.3 Å². The summed E-state index contributed by atoms with van der Waals surface area (Å²) >= 11 is 0. The molecular weight excluding hydrogens is 196 g/mol. The van der Waals surface area contributed by atoms with Gasteiger partial charge in [-0.3, -0.25) is 0 Å². The zero-order valence-corrected chi connectivity index (χ0v) is 9.45. The molecule has 2 nitrogen and oxygen atoms in total. The lowest BCUT2D eigenvalue weighted by molar-refractivity contribution is 0.336. The van der Waals surface area contributed by atoms with E-state index in [0.29, 0.717) is 0 Å². The quantitative estimate of drug-likeness (QED) is 0.810. The van der Waals surface area contributed by atoms with Crippen LogP contribution in [-0.2, 0) is 6.54 Å². The monoisotopic (exact) mass is 213 g/mol. The third kappa shape index (κ3) is 1.85. The first-order valence-electron chi connectivity index (χ1n) is 6.10. The number of nitrogens with one attached hydrogen (secondary N) is 1. The molecule has 1 aliphatic heterocycles. The lowest BCUT2D eigenvalue weighted by atomic mass is 9.98. The Morgan fingerprint density at radius 1 is 1.25 bits per heavy atom. The SMILES string of the molecule is [c]1cc2ccccc2n1CC1CCNCC1. The summed E-state index contributed by atoms with van der Waals surface area (Å²) in [6.07, 6.45) is 5.94. The van der Waals surface area contributed by atoms with Crippen LogP contribution in [0, 0.1) is 12.1 Å². The van der Waals surface area contributed by atoms with Crippen molar-refractivity contribution in [2.75, 3.05) is 13.1 Å². The highest BCUT2D eigenvalue weighted by Gasteiger charge is 2.14. The standard InChI is InChI=1S/C14H17N2/c1-2-4-14-13(3-1)7-10-16(14)11-12-5-8-15-9-6-12/h1-4,7,12,15H,5-6,8-9,11H2. The van der Waals surface area contributed by atoms with Crippen LogP contribution in [0.25, 0.3) is 10.9 Å². The normalized spacial score (nSPS) is 18.0. The molecule has 1 fully saturated rings. The summed E-state index contributed by atoms with van der Waals surface area (Å²) in [4.78, 5) is 0. The van der Waals surface area contributed by atoms with E-state index in [0.717, 1.165) is 12.5 Å². The lowest BCUT2D eigenvalue weighted by Gasteiger charge is -2.23. The van der Waals surface area contributed by atoms with Gasteiger partial charge in [-0.1, -0.05) is 18.2 Å². The molecule has 1 aromatic carbocycles. The fraction of sp³-hybridized carbons (Fsp3) is 0.429. The van der Waals surface area contributed by atoms with Crippen LogP contribution in [0.2, 0.25) is 0 Å². The summed E-state index contributed by atoms with van der Waals surface area (Å²) in [5.41, 5.74) is 1.32. The summed E-state index contributed by atoms with van der Waals surface area (Å²) < 4.78 is 2.28. The van der Waals surface area contributed by atoms with Gasteiger partial charge in [0.05, 0.1) is 6.20 Å². The number of benzene rings is 1. The molecule has 2 heterocycles. The van der Waals surface area contributed by atoms with Crippen molar-refractivity contribution < 1.29 is 0 Å². The first kappa shape index (κ1) is 9.91. The van der Waals surface area contributed by atoms with Gasteiger partial charge in [0.1, 0.15) is 0 Å². The first-order valence-corrected chi connectivity index (χ1v) is 6.10. The first-order chi connectivity index (χ1) is 7.93. The largest absolute Gasteiger partial charge is 0.339 e. The summed E-state index contributed by atoms with van der Waals surface area (Å²) in [6, 6.07) is 10.6. The Morgan fingerprint density at radius 2 is 2.06 bits per heavy atom. The number of aromatic nitrogens is 1. The number of hydrogen-bond acceptors (Lipinski definition) is 1. The van der Waals surface area contributed by atoms with Crippen molar-refractivity contribution in [1.82, 2.24) is 9.88 Å². The van der Waals surface area contributed by atoms with Crippen LogP contribution >= 0.6 is 0 Å². The van der Waals surface area contributed by atoms with Crippen molar-refractivity contribution in [1.29, 1.82) is 0 Å². The molecule has 83 valence electrons.